The van der Waals surface area contributed by atoms with Crippen molar-refractivity contribution in [3.63, 3.8) is 0 Å². The van der Waals surface area contributed by atoms with Crippen molar-refractivity contribution in [2.45, 2.75) is 37.1 Å². The molecule has 2 rings (SSSR count). The highest BCUT2D eigenvalue weighted by Gasteiger charge is 2.34. The minimum atomic E-state index is -4.06. The molecule has 5 nitrogen and oxygen atoms in total. The average molecular weight is 380 g/mol. The van der Waals surface area contributed by atoms with Crippen LogP contribution in [0.1, 0.15) is 36.5 Å². The Morgan fingerprint density at radius 3 is 2.67 bits per heavy atom. The normalized spacial score (nSPS) is 20.4. The van der Waals surface area contributed by atoms with Gasteiger partial charge >= 0.3 is 5.97 Å². The lowest BCUT2D eigenvalue weighted by atomic mass is 10.1. The third-order valence-corrected chi connectivity index (χ3v) is 6.03. The van der Waals surface area contributed by atoms with Crippen molar-refractivity contribution in [2.24, 2.45) is 0 Å². The van der Waals surface area contributed by atoms with E-state index in [-0.39, 0.29) is 10.5 Å². The van der Waals surface area contributed by atoms with Gasteiger partial charge in [-0.3, -0.25) is 0 Å². The predicted molar refractivity (Wildman–Crippen MR) is 78.3 cm³/mol. The number of halogens is 2. The molecule has 21 heavy (non-hydrogen) atoms. The van der Waals surface area contributed by atoms with Crippen LogP contribution >= 0.6 is 15.9 Å². The number of hydrogen-bond acceptors (Lipinski definition) is 3. The predicted octanol–water partition coefficient (Wildman–Crippen LogP) is 2.85. The molecular weight excluding hydrogens is 365 g/mol. The first kappa shape index (κ1) is 16.4. The third-order valence-electron chi connectivity index (χ3n) is 3.56. The van der Waals surface area contributed by atoms with Gasteiger partial charge in [-0.2, -0.15) is 4.31 Å². The number of rotatable bonds is 3. The second kappa shape index (κ2) is 6.02. The summed E-state index contributed by atoms with van der Waals surface area (Å²) in [5.41, 5.74) is -0.660. The van der Waals surface area contributed by atoms with E-state index in [1.165, 1.54) is 4.31 Å². The van der Waals surface area contributed by atoms with Crippen molar-refractivity contribution >= 4 is 31.9 Å². The maximum Gasteiger partial charge on any atom is 0.338 e. The van der Waals surface area contributed by atoms with Gasteiger partial charge in [0.1, 0.15) is 4.90 Å². The molecule has 1 atom stereocenters. The minimum absolute atomic E-state index is 0.213. The molecule has 1 unspecified atom stereocenters. The molecule has 0 bridgehead atoms. The van der Waals surface area contributed by atoms with Crippen molar-refractivity contribution in [3.8, 4) is 0 Å². The Labute approximate surface area is 130 Å². The molecule has 1 aromatic carbocycles. The summed E-state index contributed by atoms with van der Waals surface area (Å²) in [6.07, 6.45) is 2.35. The molecule has 8 heteroatoms. The molecule has 1 saturated heterocycles. The zero-order chi connectivity index (χ0) is 15.8. The summed E-state index contributed by atoms with van der Waals surface area (Å²) in [6.45, 7) is 2.09. The van der Waals surface area contributed by atoms with Gasteiger partial charge in [-0.15, -0.1) is 0 Å². The van der Waals surface area contributed by atoms with Crippen molar-refractivity contribution in [3.05, 3.63) is 28.0 Å². The van der Waals surface area contributed by atoms with Gasteiger partial charge in [-0.25, -0.2) is 17.6 Å². The van der Waals surface area contributed by atoms with Gasteiger partial charge in [0, 0.05) is 17.1 Å². The zero-order valence-electron chi connectivity index (χ0n) is 11.3. The van der Waals surface area contributed by atoms with Crippen molar-refractivity contribution in [1.82, 2.24) is 4.31 Å². The van der Waals surface area contributed by atoms with Gasteiger partial charge in [0.15, 0.2) is 5.82 Å². The van der Waals surface area contributed by atoms with Crippen LogP contribution in [0.15, 0.2) is 21.5 Å². The zero-order valence-corrected chi connectivity index (χ0v) is 13.7. The lowest BCUT2D eigenvalue weighted by molar-refractivity contribution is 0.0691. The Kier molecular flexibility index (Phi) is 4.69. The number of piperidine rings is 1. The fourth-order valence-electron chi connectivity index (χ4n) is 2.46. The van der Waals surface area contributed by atoms with Crippen LogP contribution in [0.5, 0.6) is 0 Å². The molecule has 116 valence electrons. The maximum atomic E-state index is 14.3. The van der Waals surface area contributed by atoms with Gasteiger partial charge < -0.3 is 5.11 Å². The summed E-state index contributed by atoms with van der Waals surface area (Å²) >= 11 is 3.03. The molecule has 1 heterocycles. The smallest absolute Gasteiger partial charge is 0.338 e. The van der Waals surface area contributed by atoms with E-state index in [0.717, 1.165) is 18.6 Å². The number of carboxylic acid groups (broad SMARTS) is 1. The standard InChI is InChI=1S/C13H15BrFNO4S/c1-8-4-2-3-5-16(8)21(19,20)11-7-9(14)6-10(12(11)15)13(17)18/h6-8H,2-5H2,1H3,(H,17,18). The first-order chi connectivity index (χ1) is 9.75. The van der Waals surface area contributed by atoms with Crippen LogP contribution in [-0.4, -0.2) is 36.4 Å². The van der Waals surface area contributed by atoms with Crippen LogP contribution in [0.3, 0.4) is 0 Å². The molecule has 0 saturated carbocycles. The maximum absolute atomic E-state index is 14.3. The van der Waals surface area contributed by atoms with Crippen LogP contribution in [0.2, 0.25) is 0 Å². The second-order valence-corrected chi connectivity index (χ2v) is 7.81. The molecule has 0 radical (unpaired) electrons. The van der Waals surface area contributed by atoms with Gasteiger partial charge in [0.25, 0.3) is 0 Å². The van der Waals surface area contributed by atoms with Crippen LogP contribution < -0.4 is 0 Å². The van der Waals surface area contributed by atoms with E-state index < -0.39 is 32.3 Å². The average Bonchev–Trinajstić information content (AvgIpc) is 2.40. The van der Waals surface area contributed by atoms with Gasteiger partial charge in [-0.1, -0.05) is 22.4 Å². The molecule has 0 amide bonds. The Morgan fingerprint density at radius 2 is 2.10 bits per heavy atom. The Hall–Kier alpha value is -0.990. The highest BCUT2D eigenvalue weighted by molar-refractivity contribution is 9.10. The first-order valence-electron chi connectivity index (χ1n) is 6.49. The van der Waals surface area contributed by atoms with Crippen LogP contribution in [0.4, 0.5) is 4.39 Å². The number of carbonyl (C=O) groups is 1. The van der Waals surface area contributed by atoms with E-state index >= 15 is 0 Å². The fourth-order valence-corrected chi connectivity index (χ4v) is 4.89. The molecule has 1 aromatic rings. The molecule has 0 aromatic heterocycles. The lowest BCUT2D eigenvalue weighted by Gasteiger charge is -2.32. The molecule has 1 fully saturated rings. The van der Waals surface area contributed by atoms with Crippen LogP contribution in [0, 0.1) is 5.82 Å². The highest BCUT2D eigenvalue weighted by atomic mass is 79.9. The number of hydrogen-bond donors (Lipinski definition) is 1. The Balaban J connectivity index is 2.57. The fraction of sp³-hybridized carbons (Fsp3) is 0.462. The molecular formula is C13H15BrFNO4S. The number of aromatic carboxylic acids is 1. The van der Waals surface area contributed by atoms with Gasteiger partial charge in [0.05, 0.1) is 5.56 Å². The van der Waals surface area contributed by atoms with E-state index in [2.05, 4.69) is 15.9 Å². The lowest BCUT2D eigenvalue weighted by Crippen LogP contribution is -2.42. The van der Waals surface area contributed by atoms with E-state index in [1.54, 1.807) is 6.92 Å². The minimum Gasteiger partial charge on any atom is -0.478 e. The molecule has 0 spiro atoms. The molecule has 1 N–H and O–H groups in total. The quantitative estimate of drug-likeness (QED) is 0.875. The number of sulfonamides is 1. The van der Waals surface area contributed by atoms with Crippen LogP contribution in [-0.2, 0) is 10.0 Å². The largest absolute Gasteiger partial charge is 0.478 e. The first-order valence-corrected chi connectivity index (χ1v) is 8.72. The highest BCUT2D eigenvalue weighted by Crippen LogP contribution is 2.30. The van der Waals surface area contributed by atoms with E-state index in [4.69, 9.17) is 5.11 Å². The van der Waals surface area contributed by atoms with Gasteiger partial charge in [0.2, 0.25) is 10.0 Å². The molecule has 0 aliphatic carbocycles. The number of carboxylic acids is 1. The van der Waals surface area contributed by atoms with E-state index in [1.807, 2.05) is 0 Å². The van der Waals surface area contributed by atoms with E-state index in [9.17, 15) is 17.6 Å². The topological polar surface area (TPSA) is 74.7 Å². The molecule has 1 aliphatic heterocycles. The van der Waals surface area contributed by atoms with Crippen molar-refractivity contribution in [1.29, 1.82) is 0 Å². The van der Waals surface area contributed by atoms with Crippen molar-refractivity contribution < 1.29 is 22.7 Å². The SMILES string of the molecule is CC1CCCCN1S(=O)(=O)c1cc(Br)cc(C(=O)O)c1F. The van der Waals surface area contributed by atoms with E-state index in [0.29, 0.717) is 19.4 Å². The Bertz CT molecular complexity index is 677. The Morgan fingerprint density at radius 1 is 1.43 bits per heavy atom. The summed E-state index contributed by atoms with van der Waals surface area (Å²) in [4.78, 5) is 10.4. The van der Waals surface area contributed by atoms with Crippen LogP contribution in [0.25, 0.3) is 0 Å². The number of nitrogens with zero attached hydrogens (tertiary/aromatic N) is 1. The third kappa shape index (κ3) is 3.12. The summed E-state index contributed by atoms with van der Waals surface area (Å²) in [5.74, 6) is -2.72. The second-order valence-electron chi connectivity index (χ2n) is 5.03. The summed E-state index contributed by atoms with van der Waals surface area (Å²) in [7, 11) is -4.06. The number of benzene rings is 1. The monoisotopic (exact) mass is 379 g/mol. The van der Waals surface area contributed by atoms with Crippen molar-refractivity contribution in [2.75, 3.05) is 6.54 Å². The molecule has 1 aliphatic rings. The van der Waals surface area contributed by atoms with Gasteiger partial charge in [-0.05, 0) is 31.9 Å². The summed E-state index contributed by atoms with van der Waals surface area (Å²) in [6, 6.07) is 1.93. The summed E-state index contributed by atoms with van der Waals surface area (Å²) < 4.78 is 41.0. The summed E-state index contributed by atoms with van der Waals surface area (Å²) in [5, 5.41) is 8.97.